The fraction of sp³-hybridized carbons (Fsp3) is 0.267. The normalized spacial score (nSPS) is 15.2. The van der Waals surface area contributed by atoms with Gasteiger partial charge in [-0.15, -0.1) is 0 Å². The van der Waals surface area contributed by atoms with E-state index in [-0.39, 0.29) is 0 Å². The molecular weight excluding hydrogens is 244 g/mol. The molecular formula is C15H13ClN2. The molecule has 4 rings (SSSR count). The van der Waals surface area contributed by atoms with Gasteiger partial charge in [0.2, 0.25) is 0 Å². The molecule has 1 aromatic carbocycles. The van der Waals surface area contributed by atoms with Gasteiger partial charge in [-0.3, -0.25) is 4.98 Å². The van der Waals surface area contributed by atoms with Crippen molar-refractivity contribution in [1.82, 2.24) is 9.97 Å². The average molecular weight is 257 g/mol. The number of benzene rings is 1. The van der Waals surface area contributed by atoms with E-state index >= 15 is 0 Å². The summed E-state index contributed by atoms with van der Waals surface area (Å²) < 4.78 is 0. The SMILES string of the molecule is Clc1ccc2c(c1)ncc1c3c([nH]c12)CCCC3. The number of aryl methyl sites for hydroxylation is 2. The Morgan fingerprint density at radius 3 is 2.94 bits per heavy atom. The number of nitrogens with one attached hydrogen (secondary N) is 1. The van der Waals surface area contributed by atoms with Gasteiger partial charge in [-0.25, -0.2) is 0 Å². The van der Waals surface area contributed by atoms with Crippen LogP contribution >= 0.6 is 11.6 Å². The van der Waals surface area contributed by atoms with Gasteiger partial charge in [0.05, 0.1) is 11.0 Å². The second-order valence-electron chi connectivity index (χ2n) is 5.00. The van der Waals surface area contributed by atoms with Crippen LogP contribution in [0.4, 0.5) is 0 Å². The minimum absolute atomic E-state index is 0.741. The summed E-state index contributed by atoms with van der Waals surface area (Å²) in [6.45, 7) is 0. The molecule has 3 heteroatoms. The summed E-state index contributed by atoms with van der Waals surface area (Å²) >= 11 is 6.02. The zero-order valence-corrected chi connectivity index (χ0v) is 10.7. The summed E-state index contributed by atoms with van der Waals surface area (Å²) in [6, 6.07) is 5.93. The molecule has 90 valence electrons. The molecule has 2 aromatic heterocycles. The maximum atomic E-state index is 6.02. The Bertz CT molecular complexity index is 758. The molecule has 0 saturated carbocycles. The van der Waals surface area contributed by atoms with Gasteiger partial charge in [0.15, 0.2) is 0 Å². The Labute approximate surface area is 110 Å². The van der Waals surface area contributed by atoms with Gasteiger partial charge in [-0.05, 0) is 49.4 Å². The average Bonchev–Trinajstić information content (AvgIpc) is 2.77. The molecule has 0 radical (unpaired) electrons. The molecule has 3 aromatic rings. The molecule has 0 unspecified atom stereocenters. The van der Waals surface area contributed by atoms with E-state index in [2.05, 4.69) is 16.0 Å². The van der Waals surface area contributed by atoms with Crippen LogP contribution in [0.5, 0.6) is 0 Å². The largest absolute Gasteiger partial charge is 0.358 e. The molecule has 2 heterocycles. The molecule has 0 spiro atoms. The van der Waals surface area contributed by atoms with Gasteiger partial charge in [0.25, 0.3) is 0 Å². The lowest BCUT2D eigenvalue weighted by Crippen LogP contribution is -1.99. The van der Waals surface area contributed by atoms with E-state index in [0.717, 1.165) is 10.5 Å². The minimum atomic E-state index is 0.741. The maximum Gasteiger partial charge on any atom is 0.0738 e. The Kier molecular flexibility index (Phi) is 2.15. The zero-order valence-electron chi connectivity index (χ0n) is 9.96. The second kappa shape index (κ2) is 3.72. The van der Waals surface area contributed by atoms with E-state index < -0.39 is 0 Å². The number of hydrogen-bond acceptors (Lipinski definition) is 1. The molecule has 1 aliphatic rings. The molecule has 1 N–H and O–H groups in total. The Morgan fingerprint density at radius 1 is 1.11 bits per heavy atom. The quantitative estimate of drug-likeness (QED) is 0.640. The number of rotatable bonds is 0. The molecule has 2 nitrogen and oxygen atoms in total. The monoisotopic (exact) mass is 256 g/mol. The van der Waals surface area contributed by atoms with E-state index in [0.29, 0.717) is 0 Å². The first-order valence-electron chi connectivity index (χ1n) is 6.40. The van der Waals surface area contributed by atoms with Crippen molar-refractivity contribution in [1.29, 1.82) is 0 Å². The number of aromatic amines is 1. The number of hydrogen-bond donors (Lipinski definition) is 1. The topological polar surface area (TPSA) is 28.7 Å². The zero-order chi connectivity index (χ0) is 12.1. The fourth-order valence-electron chi connectivity index (χ4n) is 3.02. The summed E-state index contributed by atoms with van der Waals surface area (Å²) in [7, 11) is 0. The van der Waals surface area contributed by atoms with Crippen LogP contribution in [0.2, 0.25) is 5.02 Å². The van der Waals surface area contributed by atoms with Crippen LogP contribution in [0.3, 0.4) is 0 Å². The van der Waals surface area contributed by atoms with Gasteiger partial charge in [-0.2, -0.15) is 0 Å². The van der Waals surface area contributed by atoms with Gasteiger partial charge in [0, 0.05) is 27.7 Å². The van der Waals surface area contributed by atoms with Crippen LogP contribution in [0, 0.1) is 0 Å². The first-order valence-corrected chi connectivity index (χ1v) is 6.78. The molecule has 0 bridgehead atoms. The van der Waals surface area contributed by atoms with Gasteiger partial charge in [-0.1, -0.05) is 11.6 Å². The number of pyridine rings is 1. The molecule has 0 atom stereocenters. The van der Waals surface area contributed by atoms with Crippen molar-refractivity contribution < 1.29 is 0 Å². The highest BCUT2D eigenvalue weighted by molar-refractivity contribution is 6.31. The predicted octanol–water partition coefficient (Wildman–Crippen LogP) is 4.25. The van der Waals surface area contributed by atoms with Crippen LogP contribution in [0.15, 0.2) is 24.4 Å². The Morgan fingerprint density at radius 2 is 2.00 bits per heavy atom. The van der Waals surface area contributed by atoms with Crippen molar-refractivity contribution in [2.45, 2.75) is 25.7 Å². The van der Waals surface area contributed by atoms with E-state index in [9.17, 15) is 0 Å². The van der Waals surface area contributed by atoms with E-state index in [4.69, 9.17) is 11.6 Å². The number of halogens is 1. The summed E-state index contributed by atoms with van der Waals surface area (Å²) in [5.74, 6) is 0. The highest BCUT2D eigenvalue weighted by Crippen LogP contribution is 2.32. The first kappa shape index (κ1) is 10.4. The minimum Gasteiger partial charge on any atom is -0.358 e. The van der Waals surface area contributed by atoms with Gasteiger partial charge >= 0.3 is 0 Å². The van der Waals surface area contributed by atoms with Gasteiger partial charge < -0.3 is 4.98 Å². The standard InChI is InChI=1S/C15H13ClN2/c16-9-5-6-11-14(7-9)17-8-12-10-3-1-2-4-13(10)18-15(11)12/h5-8,18H,1-4H2. The summed E-state index contributed by atoms with van der Waals surface area (Å²) in [6.07, 6.45) is 6.92. The highest BCUT2D eigenvalue weighted by atomic mass is 35.5. The van der Waals surface area contributed by atoms with Crippen LogP contribution in [-0.4, -0.2) is 9.97 Å². The van der Waals surface area contributed by atoms with Crippen LogP contribution in [0.1, 0.15) is 24.1 Å². The third-order valence-corrected chi connectivity index (χ3v) is 4.14. The summed E-state index contributed by atoms with van der Waals surface area (Å²) in [5.41, 5.74) is 5.07. The lowest BCUT2D eigenvalue weighted by Gasteiger charge is -2.09. The maximum absolute atomic E-state index is 6.02. The van der Waals surface area contributed by atoms with E-state index in [1.165, 1.54) is 53.2 Å². The molecule has 18 heavy (non-hydrogen) atoms. The van der Waals surface area contributed by atoms with Crippen molar-refractivity contribution in [3.05, 3.63) is 40.7 Å². The molecule has 0 saturated heterocycles. The van der Waals surface area contributed by atoms with Crippen LogP contribution < -0.4 is 0 Å². The number of H-pyrrole nitrogens is 1. The summed E-state index contributed by atoms with van der Waals surface area (Å²) in [4.78, 5) is 8.14. The molecule has 0 fully saturated rings. The molecule has 1 aliphatic carbocycles. The number of nitrogens with zero attached hydrogens (tertiary/aromatic N) is 1. The molecule has 0 amide bonds. The Hall–Kier alpha value is -1.54. The van der Waals surface area contributed by atoms with Crippen LogP contribution in [0.25, 0.3) is 21.8 Å². The van der Waals surface area contributed by atoms with Crippen molar-refractivity contribution in [2.75, 3.05) is 0 Å². The van der Waals surface area contributed by atoms with Gasteiger partial charge in [0.1, 0.15) is 0 Å². The second-order valence-corrected chi connectivity index (χ2v) is 5.43. The Balaban J connectivity index is 2.13. The van der Waals surface area contributed by atoms with E-state index in [1.54, 1.807) is 0 Å². The lowest BCUT2D eigenvalue weighted by molar-refractivity contribution is 0.680. The predicted molar refractivity (Wildman–Crippen MR) is 75.3 cm³/mol. The third-order valence-electron chi connectivity index (χ3n) is 3.90. The smallest absolute Gasteiger partial charge is 0.0738 e. The molecule has 0 aliphatic heterocycles. The van der Waals surface area contributed by atoms with Crippen molar-refractivity contribution in [3.8, 4) is 0 Å². The van der Waals surface area contributed by atoms with Crippen molar-refractivity contribution >= 4 is 33.4 Å². The first-order chi connectivity index (χ1) is 8.83. The highest BCUT2D eigenvalue weighted by Gasteiger charge is 2.16. The van der Waals surface area contributed by atoms with Crippen molar-refractivity contribution in [2.24, 2.45) is 0 Å². The fourth-order valence-corrected chi connectivity index (χ4v) is 3.19. The number of fused-ring (bicyclic) bond motifs is 5. The lowest BCUT2D eigenvalue weighted by atomic mass is 9.96. The van der Waals surface area contributed by atoms with Crippen molar-refractivity contribution in [3.63, 3.8) is 0 Å². The number of aromatic nitrogens is 2. The van der Waals surface area contributed by atoms with Crippen LogP contribution in [-0.2, 0) is 12.8 Å². The third kappa shape index (κ3) is 1.39. The van der Waals surface area contributed by atoms with E-state index in [1.807, 2.05) is 18.3 Å². The summed E-state index contributed by atoms with van der Waals surface area (Å²) in [5, 5.41) is 3.21.